The highest BCUT2D eigenvalue weighted by molar-refractivity contribution is 6.31. The van der Waals surface area contributed by atoms with Crippen LogP contribution >= 0.6 is 0 Å². The van der Waals surface area contributed by atoms with Gasteiger partial charge >= 0.3 is 0 Å². The van der Waals surface area contributed by atoms with Gasteiger partial charge < -0.3 is 15.7 Å². The lowest BCUT2D eigenvalue weighted by Crippen LogP contribution is -2.23. The zero-order chi connectivity index (χ0) is 17.0. The van der Waals surface area contributed by atoms with Crippen LogP contribution in [0.3, 0.4) is 0 Å². The van der Waals surface area contributed by atoms with E-state index in [2.05, 4.69) is 10.6 Å². The predicted octanol–water partition coefficient (Wildman–Crippen LogP) is 2.54. The second kappa shape index (κ2) is 7.07. The first kappa shape index (κ1) is 16.7. The van der Waals surface area contributed by atoms with Gasteiger partial charge in [0.2, 0.25) is 0 Å². The van der Waals surface area contributed by atoms with Gasteiger partial charge in [0.15, 0.2) is 11.6 Å². The third-order valence-electron chi connectivity index (χ3n) is 3.61. The van der Waals surface area contributed by atoms with Crippen LogP contribution in [0.1, 0.15) is 38.8 Å². The Balaban J connectivity index is 0.000000595. The highest BCUT2D eigenvalue weighted by atomic mass is 16.2. The molecule has 0 unspecified atom stereocenters. The summed E-state index contributed by atoms with van der Waals surface area (Å²) >= 11 is 0. The molecule has 3 rings (SSSR count). The van der Waals surface area contributed by atoms with Crippen molar-refractivity contribution in [1.29, 1.82) is 0 Å². The number of ketones is 2. The Morgan fingerprint density at radius 1 is 0.826 bits per heavy atom. The molecule has 0 saturated heterocycles. The van der Waals surface area contributed by atoms with Crippen molar-refractivity contribution >= 4 is 22.9 Å². The van der Waals surface area contributed by atoms with E-state index in [1.54, 1.807) is 45.3 Å². The van der Waals surface area contributed by atoms with E-state index in [9.17, 15) is 9.59 Å². The van der Waals surface area contributed by atoms with Crippen molar-refractivity contribution in [2.75, 3.05) is 31.3 Å². The number of aliphatic hydroxyl groups is 1. The Bertz CT molecular complexity index is 692. The van der Waals surface area contributed by atoms with Crippen LogP contribution < -0.4 is 10.6 Å². The fourth-order valence-electron chi connectivity index (χ4n) is 2.64. The van der Waals surface area contributed by atoms with Gasteiger partial charge in [-0.1, -0.05) is 24.3 Å². The van der Waals surface area contributed by atoms with Gasteiger partial charge in [0, 0.05) is 43.2 Å². The van der Waals surface area contributed by atoms with E-state index < -0.39 is 0 Å². The Labute approximate surface area is 135 Å². The lowest BCUT2D eigenvalue weighted by atomic mass is 9.82. The third-order valence-corrected chi connectivity index (χ3v) is 3.61. The molecule has 2 aromatic carbocycles. The number of rotatable bonds is 2. The number of hydrogen-bond acceptors (Lipinski definition) is 5. The van der Waals surface area contributed by atoms with E-state index in [0.29, 0.717) is 33.6 Å². The quantitative estimate of drug-likeness (QED) is 0.678. The van der Waals surface area contributed by atoms with E-state index in [0.717, 1.165) is 0 Å². The smallest absolute Gasteiger partial charge is 0.196 e. The first-order chi connectivity index (χ1) is 11.1. The van der Waals surface area contributed by atoms with Crippen molar-refractivity contribution in [3.8, 4) is 0 Å². The van der Waals surface area contributed by atoms with E-state index >= 15 is 0 Å². The van der Waals surface area contributed by atoms with Crippen molar-refractivity contribution in [3.63, 3.8) is 0 Å². The number of benzene rings is 2. The molecule has 2 aromatic rings. The average molecular weight is 312 g/mol. The van der Waals surface area contributed by atoms with Gasteiger partial charge in [-0.3, -0.25) is 9.59 Å². The van der Waals surface area contributed by atoms with Gasteiger partial charge in [0.05, 0.1) is 11.1 Å². The van der Waals surface area contributed by atoms with E-state index in [-0.39, 0.29) is 18.2 Å². The second-order valence-electron chi connectivity index (χ2n) is 4.93. The van der Waals surface area contributed by atoms with Crippen LogP contribution in [0, 0.1) is 0 Å². The van der Waals surface area contributed by atoms with Gasteiger partial charge in [-0.15, -0.1) is 0 Å². The maximum Gasteiger partial charge on any atom is 0.196 e. The molecule has 1 aliphatic rings. The molecule has 3 N–H and O–H groups in total. The minimum absolute atomic E-state index is 0.114. The molecule has 1 aliphatic carbocycles. The Hall–Kier alpha value is -2.66. The Morgan fingerprint density at radius 2 is 1.17 bits per heavy atom. The highest BCUT2D eigenvalue weighted by Gasteiger charge is 2.33. The Kier molecular flexibility index (Phi) is 5.13. The number of carbonyl (C=O) groups excluding carboxylic acids is 2. The van der Waals surface area contributed by atoms with Crippen LogP contribution in [-0.4, -0.2) is 37.4 Å². The lowest BCUT2D eigenvalue weighted by Gasteiger charge is -2.22. The summed E-state index contributed by atoms with van der Waals surface area (Å²) in [6, 6.07) is 10.6. The molecule has 0 radical (unpaired) electrons. The van der Waals surface area contributed by atoms with Gasteiger partial charge in [-0.05, 0) is 19.1 Å². The highest BCUT2D eigenvalue weighted by Crippen LogP contribution is 2.35. The molecule has 5 heteroatoms. The van der Waals surface area contributed by atoms with Gasteiger partial charge in [-0.2, -0.15) is 0 Å². The number of aliphatic hydroxyl groups excluding tert-OH is 1. The molecular formula is C18H20N2O3. The minimum Gasteiger partial charge on any atom is -0.397 e. The first-order valence-corrected chi connectivity index (χ1v) is 7.42. The second-order valence-corrected chi connectivity index (χ2v) is 4.93. The summed E-state index contributed by atoms with van der Waals surface area (Å²) < 4.78 is 0. The van der Waals surface area contributed by atoms with Crippen molar-refractivity contribution in [1.82, 2.24) is 0 Å². The van der Waals surface area contributed by atoms with Crippen molar-refractivity contribution in [3.05, 3.63) is 58.7 Å². The molecule has 0 saturated carbocycles. The SMILES string of the molecule is CCO.CNc1ccc(NC)c2c1C(=O)c1ccccc1C2=O. The fourth-order valence-corrected chi connectivity index (χ4v) is 2.64. The maximum atomic E-state index is 12.7. The summed E-state index contributed by atoms with van der Waals surface area (Å²) in [6.07, 6.45) is 0. The van der Waals surface area contributed by atoms with Crippen molar-refractivity contribution < 1.29 is 14.7 Å². The summed E-state index contributed by atoms with van der Waals surface area (Å²) in [6.45, 7) is 1.93. The monoisotopic (exact) mass is 312 g/mol. The van der Waals surface area contributed by atoms with Crippen LogP contribution in [0.4, 0.5) is 11.4 Å². The maximum absolute atomic E-state index is 12.7. The summed E-state index contributed by atoms with van der Waals surface area (Å²) in [4.78, 5) is 25.4. The molecule has 0 aliphatic heterocycles. The first-order valence-electron chi connectivity index (χ1n) is 7.42. The third kappa shape index (κ3) is 2.83. The molecule has 0 atom stereocenters. The Morgan fingerprint density at radius 3 is 1.48 bits per heavy atom. The number of anilines is 2. The molecule has 0 amide bonds. The van der Waals surface area contributed by atoms with Crippen LogP contribution in [0.15, 0.2) is 36.4 Å². The minimum atomic E-state index is -0.114. The molecule has 0 heterocycles. The molecule has 23 heavy (non-hydrogen) atoms. The molecule has 0 bridgehead atoms. The van der Waals surface area contributed by atoms with Crippen molar-refractivity contribution in [2.24, 2.45) is 0 Å². The van der Waals surface area contributed by atoms with Crippen LogP contribution in [0.2, 0.25) is 0 Å². The van der Waals surface area contributed by atoms with Gasteiger partial charge in [0.1, 0.15) is 0 Å². The zero-order valence-electron chi connectivity index (χ0n) is 13.4. The zero-order valence-corrected chi connectivity index (χ0v) is 13.4. The van der Waals surface area contributed by atoms with Crippen LogP contribution in [0.5, 0.6) is 0 Å². The molecule has 0 aromatic heterocycles. The molecule has 5 nitrogen and oxygen atoms in total. The number of carbonyl (C=O) groups is 2. The van der Waals surface area contributed by atoms with E-state index in [4.69, 9.17) is 5.11 Å². The standard InChI is InChI=1S/C16H14N2O2.C2H6O/c1-17-11-7-8-12(18-2)14-13(11)15(19)9-5-3-4-6-10(9)16(14)20;1-2-3/h3-8,17-18H,1-2H3;3H,2H2,1H3. The van der Waals surface area contributed by atoms with Crippen LogP contribution in [0.25, 0.3) is 0 Å². The summed E-state index contributed by atoms with van der Waals surface area (Å²) in [5, 5.41) is 13.5. The molecule has 0 fully saturated rings. The summed E-state index contributed by atoms with van der Waals surface area (Å²) in [7, 11) is 3.49. The normalized spacial score (nSPS) is 11.8. The van der Waals surface area contributed by atoms with Gasteiger partial charge in [0.25, 0.3) is 0 Å². The van der Waals surface area contributed by atoms with Gasteiger partial charge in [-0.25, -0.2) is 0 Å². The lowest BCUT2D eigenvalue weighted by molar-refractivity contribution is 0.0980. The van der Waals surface area contributed by atoms with Crippen LogP contribution in [-0.2, 0) is 0 Å². The number of nitrogens with one attached hydrogen (secondary N) is 2. The average Bonchev–Trinajstić information content (AvgIpc) is 2.59. The van der Waals surface area contributed by atoms with Crippen molar-refractivity contribution in [2.45, 2.75) is 6.92 Å². The predicted molar refractivity (Wildman–Crippen MR) is 91.6 cm³/mol. The summed E-state index contributed by atoms with van der Waals surface area (Å²) in [5.74, 6) is -0.228. The topological polar surface area (TPSA) is 78.4 Å². The van der Waals surface area contributed by atoms with E-state index in [1.807, 2.05) is 12.1 Å². The largest absolute Gasteiger partial charge is 0.397 e. The summed E-state index contributed by atoms with van der Waals surface area (Å²) in [5.41, 5.74) is 3.18. The molecule has 120 valence electrons. The molecule has 0 spiro atoms. The number of hydrogen-bond donors (Lipinski definition) is 3. The van der Waals surface area contributed by atoms with E-state index in [1.165, 1.54) is 0 Å². The fraction of sp³-hybridized carbons (Fsp3) is 0.222. The number of fused-ring (bicyclic) bond motifs is 2. The molecular weight excluding hydrogens is 292 g/mol.